The van der Waals surface area contributed by atoms with Gasteiger partial charge in [0.1, 0.15) is 0 Å². The fourth-order valence-electron chi connectivity index (χ4n) is 3.33. The van der Waals surface area contributed by atoms with Gasteiger partial charge >= 0.3 is 0 Å². The SMILES string of the molecule is COCCn1c(SCC(=O)N2CCN(S(=O)(=O)c3ccc(Cl)cc3)CC2)nc(C)c1C. The van der Waals surface area contributed by atoms with Crippen molar-refractivity contribution in [2.75, 3.05) is 45.6 Å². The topological polar surface area (TPSA) is 84.7 Å². The van der Waals surface area contributed by atoms with Crippen LogP contribution < -0.4 is 0 Å². The maximum absolute atomic E-state index is 12.8. The number of imidazole rings is 1. The smallest absolute Gasteiger partial charge is 0.243 e. The number of sulfonamides is 1. The number of nitrogens with zero attached hydrogens (tertiary/aromatic N) is 4. The average molecular weight is 487 g/mol. The van der Waals surface area contributed by atoms with Crippen molar-refractivity contribution in [3.8, 4) is 0 Å². The summed E-state index contributed by atoms with van der Waals surface area (Å²) in [6.45, 7) is 6.47. The largest absolute Gasteiger partial charge is 0.383 e. The Morgan fingerprint density at radius 2 is 1.81 bits per heavy atom. The van der Waals surface area contributed by atoms with Crippen LogP contribution in [0.4, 0.5) is 0 Å². The van der Waals surface area contributed by atoms with Gasteiger partial charge in [-0.25, -0.2) is 13.4 Å². The summed E-state index contributed by atoms with van der Waals surface area (Å²) in [6.07, 6.45) is 0. The van der Waals surface area contributed by atoms with E-state index in [-0.39, 0.29) is 29.6 Å². The lowest BCUT2D eigenvalue weighted by Gasteiger charge is -2.34. The van der Waals surface area contributed by atoms with Crippen LogP contribution in [0.25, 0.3) is 0 Å². The van der Waals surface area contributed by atoms with Gasteiger partial charge in [0, 0.05) is 50.6 Å². The number of aryl methyl sites for hydroxylation is 1. The summed E-state index contributed by atoms with van der Waals surface area (Å²) in [7, 11) is -1.94. The zero-order valence-corrected chi connectivity index (χ0v) is 20.3. The first kappa shape index (κ1) is 24.1. The quantitative estimate of drug-likeness (QED) is 0.533. The number of hydrogen-bond acceptors (Lipinski definition) is 6. The van der Waals surface area contributed by atoms with Gasteiger partial charge in [-0.15, -0.1) is 0 Å². The van der Waals surface area contributed by atoms with E-state index in [4.69, 9.17) is 16.3 Å². The fourth-order valence-corrected chi connectivity index (χ4v) is 5.90. The van der Waals surface area contributed by atoms with Crippen LogP contribution >= 0.6 is 23.4 Å². The molecular weight excluding hydrogens is 460 g/mol. The van der Waals surface area contributed by atoms with Crippen LogP contribution in [-0.2, 0) is 26.1 Å². The lowest BCUT2D eigenvalue weighted by molar-refractivity contribution is -0.129. The van der Waals surface area contributed by atoms with Crippen molar-refractivity contribution in [1.82, 2.24) is 18.8 Å². The highest BCUT2D eigenvalue weighted by Crippen LogP contribution is 2.23. The molecule has 0 unspecified atom stereocenters. The van der Waals surface area contributed by atoms with Gasteiger partial charge in [-0.2, -0.15) is 4.31 Å². The first-order valence-corrected chi connectivity index (χ1v) is 12.7. The second kappa shape index (κ2) is 10.4. The minimum Gasteiger partial charge on any atom is -0.383 e. The maximum Gasteiger partial charge on any atom is 0.243 e. The number of hydrogen-bond donors (Lipinski definition) is 0. The molecule has 2 heterocycles. The van der Waals surface area contributed by atoms with Crippen LogP contribution in [-0.4, -0.2) is 78.7 Å². The Bertz CT molecular complexity index is 1020. The van der Waals surface area contributed by atoms with E-state index >= 15 is 0 Å². The highest BCUT2D eigenvalue weighted by atomic mass is 35.5. The number of methoxy groups -OCH3 is 1. The first-order chi connectivity index (χ1) is 14.7. The Hall–Kier alpha value is -1.59. The molecule has 0 N–H and O–H groups in total. The summed E-state index contributed by atoms with van der Waals surface area (Å²) in [4.78, 5) is 19.2. The van der Waals surface area contributed by atoms with Crippen LogP contribution in [0.2, 0.25) is 5.02 Å². The molecule has 0 bridgehead atoms. The minimum absolute atomic E-state index is 0.0230. The van der Waals surface area contributed by atoms with Gasteiger partial charge in [-0.3, -0.25) is 4.79 Å². The van der Waals surface area contributed by atoms with Gasteiger partial charge < -0.3 is 14.2 Å². The molecule has 11 heteroatoms. The highest BCUT2D eigenvalue weighted by molar-refractivity contribution is 7.99. The first-order valence-electron chi connectivity index (χ1n) is 9.93. The number of carbonyl (C=O) groups is 1. The molecule has 1 aliphatic rings. The van der Waals surface area contributed by atoms with Gasteiger partial charge in [0.05, 0.1) is 22.9 Å². The van der Waals surface area contributed by atoms with E-state index < -0.39 is 10.0 Å². The molecule has 1 saturated heterocycles. The Morgan fingerprint density at radius 3 is 2.42 bits per heavy atom. The van der Waals surface area contributed by atoms with Crippen molar-refractivity contribution in [2.45, 2.75) is 30.4 Å². The molecule has 0 saturated carbocycles. The van der Waals surface area contributed by atoms with Gasteiger partial charge in [0.25, 0.3) is 0 Å². The summed E-state index contributed by atoms with van der Waals surface area (Å²) in [5.74, 6) is 0.234. The Kier molecular flexibility index (Phi) is 8.03. The molecule has 31 heavy (non-hydrogen) atoms. The molecule has 0 radical (unpaired) electrons. The Labute approximate surface area is 192 Å². The Balaban J connectivity index is 1.56. The molecule has 1 aromatic carbocycles. The van der Waals surface area contributed by atoms with E-state index in [0.29, 0.717) is 31.3 Å². The molecule has 0 atom stereocenters. The number of aromatic nitrogens is 2. The van der Waals surface area contributed by atoms with Crippen molar-refractivity contribution >= 4 is 39.3 Å². The van der Waals surface area contributed by atoms with Gasteiger partial charge in [0.2, 0.25) is 15.9 Å². The van der Waals surface area contributed by atoms with E-state index in [9.17, 15) is 13.2 Å². The van der Waals surface area contributed by atoms with E-state index in [1.807, 2.05) is 13.8 Å². The van der Waals surface area contributed by atoms with Crippen LogP contribution in [0.3, 0.4) is 0 Å². The summed E-state index contributed by atoms with van der Waals surface area (Å²) in [6, 6.07) is 6.12. The summed E-state index contributed by atoms with van der Waals surface area (Å²) in [5, 5.41) is 1.28. The number of ether oxygens (including phenoxy) is 1. The van der Waals surface area contributed by atoms with Crippen molar-refractivity contribution < 1.29 is 17.9 Å². The molecule has 1 aliphatic heterocycles. The van der Waals surface area contributed by atoms with Crippen LogP contribution in [0.1, 0.15) is 11.4 Å². The molecule has 1 aromatic heterocycles. The third-order valence-corrected chi connectivity index (χ3v) is 8.44. The van der Waals surface area contributed by atoms with Crippen molar-refractivity contribution in [2.24, 2.45) is 0 Å². The van der Waals surface area contributed by atoms with Crippen LogP contribution in [0, 0.1) is 13.8 Å². The van der Waals surface area contributed by atoms with Crippen LogP contribution in [0.15, 0.2) is 34.3 Å². The number of thioether (sulfide) groups is 1. The average Bonchev–Trinajstić information content (AvgIpc) is 3.03. The van der Waals surface area contributed by atoms with Gasteiger partial charge in [-0.1, -0.05) is 23.4 Å². The third-order valence-electron chi connectivity index (χ3n) is 5.31. The Morgan fingerprint density at radius 1 is 1.16 bits per heavy atom. The lowest BCUT2D eigenvalue weighted by atomic mass is 10.3. The summed E-state index contributed by atoms with van der Waals surface area (Å²) >= 11 is 7.25. The standard InChI is InChI=1S/C20H27ClN4O4S2/c1-15-16(2)25(12-13-29-3)20(22-15)30-14-19(26)23-8-10-24(11-9-23)31(27,28)18-6-4-17(21)5-7-18/h4-7H,8-14H2,1-3H3. The molecule has 0 aliphatic carbocycles. The van der Waals surface area contributed by atoms with Crippen molar-refractivity contribution in [1.29, 1.82) is 0 Å². The second-order valence-electron chi connectivity index (χ2n) is 7.24. The molecule has 8 nitrogen and oxygen atoms in total. The number of carbonyl (C=O) groups excluding carboxylic acids is 1. The highest BCUT2D eigenvalue weighted by Gasteiger charge is 2.30. The van der Waals surface area contributed by atoms with Crippen molar-refractivity contribution in [3.63, 3.8) is 0 Å². The molecule has 0 spiro atoms. The summed E-state index contributed by atoms with van der Waals surface area (Å²) in [5.41, 5.74) is 2.00. The minimum atomic E-state index is -3.59. The number of benzene rings is 1. The van der Waals surface area contributed by atoms with Gasteiger partial charge in [0.15, 0.2) is 5.16 Å². The number of halogens is 1. The molecule has 170 valence electrons. The number of amides is 1. The second-order valence-corrected chi connectivity index (χ2v) is 10.6. The predicted molar refractivity (Wildman–Crippen MR) is 121 cm³/mol. The van der Waals surface area contributed by atoms with Crippen LogP contribution in [0.5, 0.6) is 0 Å². The fraction of sp³-hybridized carbons (Fsp3) is 0.500. The van der Waals surface area contributed by atoms with Crippen molar-refractivity contribution in [3.05, 3.63) is 40.7 Å². The molecule has 2 aromatic rings. The predicted octanol–water partition coefficient (Wildman–Crippen LogP) is 2.42. The van der Waals surface area contributed by atoms with Gasteiger partial charge in [-0.05, 0) is 38.1 Å². The normalized spacial score (nSPS) is 15.4. The monoisotopic (exact) mass is 486 g/mol. The molecule has 1 amide bonds. The van der Waals surface area contributed by atoms with E-state index in [1.54, 1.807) is 24.1 Å². The maximum atomic E-state index is 12.8. The molecule has 1 fully saturated rings. The zero-order valence-electron chi connectivity index (χ0n) is 17.9. The molecular formula is C20H27ClN4O4S2. The summed E-state index contributed by atoms with van der Waals surface area (Å²) < 4.78 is 34.2. The lowest BCUT2D eigenvalue weighted by Crippen LogP contribution is -2.50. The van der Waals surface area contributed by atoms with E-state index in [0.717, 1.165) is 16.5 Å². The zero-order chi connectivity index (χ0) is 22.6. The number of rotatable bonds is 8. The molecule has 3 rings (SSSR count). The number of piperazine rings is 1. The third kappa shape index (κ3) is 5.61. The van der Waals surface area contributed by atoms with E-state index in [2.05, 4.69) is 9.55 Å². The van der Waals surface area contributed by atoms with E-state index in [1.165, 1.54) is 28.2 Å².